The maximum Gasteiger partial charge on any atom is 0.161 e. The van der Waals surface area contributed by atoms with Crippen molar-refractivity contribution in [3.63, 3.8) is 0 Å². The number of aliphatic hydroxyl groups excluding tert-OH is 1. The number of hydrogen-bond acceptors (Lipinski definition) is 6. The number of nitrogens with one attached hydrogen (secondary N) is 1. The summed E-state index contributed by atoms with van der Waals surface area (Å²) >= 11 is 0. The Hall–Kier alpha value is -2.99. The molecule has 128 valence electrons. The molecule has 25 heavy (non-hydrogen) atoms. The Kier molecular flexibility index (Phi) is 5.20. The number of methoxy groups -OCH3 is 1. The standard InChI is InChI=1S/C19H20N4O2/c1-13-11-18(23-19(22-13)15-7-9-20-10-8-15)21-12-17(24)14-3-5-16(25-2)6-4-14/h3-11,17,24H,12H2,1-2H3,(H,21,22,23). The molecular weight excluding hydrogens is 316 g/mol. The predicted octanol–water partition coefficient (Wildman–Crippen LogP) is 3.00. The van der Waals surface area contributed by atoms with Crippen LogP contribution in [0.1, 0.15) is 17.4 Å². The van der Waals surface area contributed by atoms with Gasteiger partial charge in [-0.05, 0) is 36.8 Å². The molecule has 0 spiro atoms. The molecule has 2 heterocycles. The molecule has 0 saturated carbocycles. The Labute approximate surface area is 146 Å². The van der Waals surface area contributed by atoms with Gasteiger partial charge in [-0.15, -0.1) is 0 Å². The number of anilines is 1. The van der Waals surface area contributed by atoms with Gasteiger partial charge in [0.2, 0.25) is 0 Å². The molecule has 1 unspecified atom stereocenters. The van der Waals surface area contributed by atoms with E-state index in [1.165, 1.54) is 0 Å². The summed E-state index contributed by atoms with van der Waals surface area (Å²) in [6, 6.07) is 12.9. The molecule has 0 aliphatic rings. The van der Waals surface area contributed by atoms with Crippen molar-refractivity contribution in [1.29, 1.82) is 0 Å². The second kappa shape index (κ2) is 7.72. The largest absolute Gasteiger partial charge is 0.497 e. The van der Waals surface area contributed by atoms with Gasteiger partial charge in [0.1, 0.15) is 11.6 Å². The Bertz CT molecular complexity index is 823. The smallest absolute Gasteiger partial charge is 0.161 e. The van der Waals surface area contributed by atoms with Crippen molar-refractivity contribution in [3.05, 3.63) is 66.1 Å². The van der Waals surface area contributed by atoms with Crippen LogP contribution in [0.25, 0.3) is 11.4 Å². The number of ether oxygens (including phenoxy) is 1. The Morgan fingerprint density at radius 2 is 1.80 bits per heavy atom. The van der Waals surface area contributed by atoms with E-state index in [9.17, 15) is 5.11 Å². The third kappa shape index (κ3) is 4.30. The minimum Gasteiger partial charge on any atom is -0.497 e. The summed E-state index contributed by atoms with van der Waals surface area (Å²) in [5.41, 5.74) is 2.56. The summed E-state index contributed by atoms with van der Waals surface area (Å²) in [5.74, 6) is 2.06. The van der Waals surface area contributed by atoms with E-state index in [2.05, 4.69) is 20.3 Å². The van der Waals surface area contributed by atoms with Crippen LogP contribution < -0.4 is 10.1 Å². The first kappa shape index (κ1) is 16.9. The van der Waals surface area contributed by atoms with Crippen molar-refractivity contribution < 1.29 is 9.84 Å². The molecule has 0 aliphatic heterocycles. The summed E-state index contributed by atoms with van der Waals surface area (Å²) < 4.78 is 5.13. The number of aliphatic hydroxyl groups is 1. The molecule has 0 saturated heterocycles. The molecule has 2 N–H and O–H groups in total. The highest BCUT2D eigenvalue weighted by Crippen LogP contribution is 2.20. The summed E-state index contributed by atoms with van der Waals surface area (Å²) in [4.78, 5) is 13.0. The van der Waals surface area contributed by atoms with Crippen LogP contribution in [0, 0.1) is 6.92 Å². The summed E-state index contributed by atoms with van der Waals surface area (Å²) in [6.45, 7) is 2.26. The van der Waals surface area contributed by atoms with Gasteiger partial charge in [0.15, 0.2) is 5.82 Å². The van der Waals surface area contributed by atoms with Gasteiger partial charge in [-0.25, -0.2) is 9.97 Å². The van der Waals surface area contributed by atoms with E-state index in [1.54, 1.807) is 19.5 Å². The van der Waals surface area contributed by atoms with Crippen LogP contribution in [0.4, 0.5) is 5.82 Å². The fourth-order valence-electron chi connectivity index (χ4n) is 2.43. The average Bonchev–Trinajstić information content (AvgIpc) is 2.66. The predicted molar refractivity (Wildman–Crippen MR) is 96.4 cm³/mol. The maximum absolute atomic E-state index is 10.3. The van der Waals surface area contributed by atoms with Gasteiger partial charge in [0.05, 0.1) is 13.2 Å². The highest BCUT2D eigenvalue weighted by Gasteiger charge is 2.10. The normalized spacial score (nSPS) is 11.8. The summed E-state index contributed by atoms with van der Waals surface area (Å²) in [5, 5.41) is 13.5. The summed E-state index contributed by atoms with van der Waals surface area (Å²) in [7, 11) is 1.62. The fraction of sp³-hybridized carbons (Fsp3) is 0.211. The first-order chi connectivity index (χ1) is 12.2. The van der Waals surface area contributed by atoms with E-state index in [0.717, 1.165) is 22.6 Å². The zero-order valence-corrected chi connectivity index (χ0v) is 14.2. The van der Waals surface area contributed by atoms with Crippen LogP contribution in [0.15, 0.2) is 54.9 Å². The van der Waals surface area contributed by atoms with E-state index >= 15 is 0 Å². The van der Waals surface area contributed by atoms with Crippen LogP contribution in [0.3, 0.4) is 0 Å². The lowest BCUT2D eigenvalue weighted by Crippen LogP contribution is -2.13. The number of hydrogen-bond donors (Lipinski definition) is 2. The van der Waals surface area contributed by atoms with Gasteiger partial charge in [0.25, 0.3) is 0 Å². The van der Waals surface area contributed by atoms with Crippen molar-refractivity contribution >= 4 is 5.82 Å². The number of benzene rings is 1. The average molecular weight is 336 g/mol. The van der Waals surface area contributed by atoms with Crippen LogP contribution in [-0.4, -0.2) is 33.7 Å². The summed E-state index contributed by atoms with van der Waals surface area (Å²) in [6.07, 6.45) is 2.77. The molecule has 6 nitrogen and oxygen atoms in total. The van der Waals surface area contributed by atoms with E-state index in [1.807, 2.05) is 49.4 Å². The molecule has 3 aromatic rings. The zero-order chi connectivity index (χ0) is 17.6. The van der Waals surface area contributed by atoms with Crippen molar-refractivity contribution in [3.8, 4) is 17.1 Å². The molecule has 3 rings (SSSR count). The van der Waals surface area contributed by atoms with Crippen molar-refractivity contribution in [2.45, 2.75) is 13.0 Å². The molecule has 2 aromatic heterocycles. The monoisotopic (exact) mass is 336 g/mol. The lowest BCUT2D eigenvalue weighted by molar-refractivity contribution is 0.191. The number of rotatable bonds is 6. The molecule has 0 bridgehead atoms. The molecule has 0 amide bonds. The van der Waals surface area contributed by atoms with Crippen LogP contribution in [0.2, 0.25) is 0 Å². The van der Waals surface area contributed by atoms with Gasteiger partial charge >= 0.3 is 0 Å². The lowest BCUT2D eigenvalue weighted by Gasteiger charge is -2.14. The third-order valence-corrected chi connectivity index (χ3v) is 3.77. The van der Waals surface area contributed by atoms with Gasteiger partial charge in [-0.3, -0.25) is 4.98 Å². The molecule has 0 fully saturated rings. The first-order valence-electron chi connectivity index (χ1n) is 7.97. The van der Waals surface area contributed by atoms with Gasteiger partial charge < -0.3 is 15.2 Å². The zero-order valence-electron chi connectivity index (χ0n) is 14.2. The Morgan fingerprint density at radius 3 is 2.48 bits per heavy atom. The van der Waals surface area contributed by atoms with Crippen molar-refractivity contribution in [2.24, 2.45) is 0 Å². The molecular formula is C19H20N4O2. The number of aromatic nitrogens is 3. The number of aryl methyl sites for hydroxylation is 1. The highest BCUT2D eigenvalue weighted by atomic mass is 16.5. The van der Waals surface area contributed by atoms with Crippen LogP contribution in [0.5, 0.6) is 5.75 Å². The molecule has 1 atom stereocenters. The van der Waals surface area contributed by atoms with E-state index in [4.69, 9.17) is 4.74 Å². The topological polar surface area (TPSA) is 80.2 Å². The number of nitrogens with zero attached hydrogens (tertiary/aromatic N) is 3. The second-order valence-electron chi connectivity index (χ2n) is 5.62. The van der Waals surface area contributed by atoms with Gasteiger partial charge in [-0.2, -0.15) is 0 Å². The fourth-order valence-corrected chi connectivity index (χ4v) is 2.43. The molecule has 1 aromatic carbocycles. The van der Waals surface area contributed by atoms with E-state index in [-0.39, 0.29) is 0 Å². The Balaban J connectivity index is 1.71. The Morgan fingerprint density at radius 1 is 1.08 bits per heavy atom. The van der Waals surface area contributed by atoms with Crippen molar-refractivity contribution in [2.75, 3.05) is 19.0 Å². The van der Waals surface area contributed by atoms with Gasteiger partial charge in [-0.1, -0.05) is 12.1 Å². The minimum absolute atomic E-state index is 0.346. The van der Waals surface area contributed by atoms with Crippen molar-refractivity contribution in [1.82, 2.24) is 15.0 Å². The third-order valence-electron chi connectivity index (χ3n) is 3.77. The molecule has 0 radical (unpaired) electrons. The van der Waals surface area contributed by atoms with Crippen LogP contribution >= 0.6 is 0 Å². The molecule has 6 heteroatoms. The maximum atomic E-state index is 10.3. The van der Waals surface area contributed by atoms with E-state index < -0.39 is 6.10 Å². The number of pyridine rings is 1. The lowest BCUT2D eigenvalue weighted by atomic mass is 10.1. The second-order valence-corrected chi connectivity index (χ2v) is 5.62. The SMILES string of the molecule is COc1ccc(C(O)CNc2cc(C)nc(-c3ccncc3)n2)cc1. The highest BCUT2D eigenvalue weighted by molar-refractivity contribution is 5.56. The first-order valence-corrected chi connectivity index (χ1v) is 7.97. The molecule has 0 aliphatic carbocycles. The van der Waals surface area contributed by atoms with Crippen LogP contribution in [-0.2, 0) is 0 Å². The van der Waals surface area contributed by atoms with E-state index in [0.29, 0.717) is 18.2 Å². The minimum atomic E-state index is -0.648. The van der Waals surface area contributed by atoms with Gasteiger partial charge in [0, 0.05) is 36.3 Å². The quantitative estimate of drug-likeness (QED) is 0.720.